The molecule has 0 aromatic rings. The Balaban J connectivity index is 2.59. The van der Waals surface area contributed by atoms with E-state index in [2.05, 4.69) is 12.2 Å². The highest BCUT2D eigenvalue weighted by atomic mass is 19.4. The molecule has 0 aliphatic heterocycles. The summed E-state index contributed by atoms with van der Waals surface area (Å²) in [6, 6.07) is 0.365. The van der Waals surface area contributed by atoms with E-state index in [0.717, 1.165) is 19.3 Å². The van der Waals surface area contributed by atoms with Crippen LogP contribution in [0.5, 0.6) is 0 Å². The molecule has 0 heterocycles. The molecule has 1 fully saturated rings. The number of rotatable bonds is 6. The molecule has 1 aliphatic carbocycles. The number of alkyl halides is 3. The Morgan fingerprint density at radius 1 is 1.26 bits per heavy atom. The van der Waals surface area contributed by atoms with Crippen LogP contribution in [0.4, 0.5) is 13.2 Å². The predicted octanol–water partition coefficient (Wildman–Crippen LogP) is 3.28. The van der Waals surface area contributed by atoms with Gasteiger partial charge in [0.05, 0.1) is 6.54 Å². The summed E-state index contributed by atoms with van der Waals surface area (Å²) >= 11 is 0. The topological polar surface area (TPSA) is 15.3 Å². The lowest BCUT2D eigenvalue weighted by Gasteiger charge is -2.38. The molecule has 0 amide bonds. The van der Waals surface area contributed by atoms with E-state index in [1.165, 1.54) is 6.42 Å². The van der Waals surface area contributed by atoms with Crippen molar-refractivity contribution in [2.24, 2.45) is 11.8 Å². The van der Waals surface area contributed by atoms with Gasteiger partial charge in [0.1, 0.15) is 0 Å². The van der Waals surface area contributed by atoms with E-state index in [0.29, 0.717) is 31.0 Å². The molecular formula is C14H27F3N2. The number of hydrogen-bond donors (Lipinski definition) is 1. The van der Waals surface area contributed by atoms with Crippen LogP contribution in [0.2, 0.25) is 0 Å². The number of halogens is 3. The predicted molar refractivity (Wildman–Crippen MR) is 72.1 cm³/mol. The molecule has 1 N–H and O–H groups in total. The van der Waals surface area contributed by atoms with Crippen LogP contribution in [0, 0.1) is 11.8 Å². The van der Waals surface area contributed by atoms with Gasteiger partial charge in [-0.25, -0.2) is 0 Å². The zero-order valence-corrected chi connectivity index (χ0v) is 12.3. The minimum absolute atomic E-state index is 0.336. The quantitative estimate of drug-likeness (QED) is 0.803. The van der Waals surface area contributed by atoms with Crippen molar-refractivity contribution in [1.29, 1.82) is 0 Å². The fraction of sp³-hybridized carbons (Fsp3) is 1.00. The van der Waals surface area contributed by atoms with Crippen molar-refractivity contribution >= 4 is 0 Å². The molecule has 19 heavy (non-hydrogen) atoms. The van der Waals surface area contributed by atoms with Crippen LogP contribution < -0.4 is 5.32 Å². The summed E-state index contributed by atoms with van der Waals surface area (Å²) in [5.74, 6) is 0.964. The molecule has 114 valence electrons. The molecule has 0 bridgehead atoms. The first kappa shape index (κ1) is 16.8. The van der Waals surface area contributed by atoms with Gasteiger partial charge in [-0.1, -0.05) is 13.8 Å². The monoisotopic (exact) mass is 280 g/mol. The maximum absolute atomic E-state index is 12.6. The molecule has 3 atom stereocenters. The lowest BCUT2D eigenvalue weighted by atomic mass is 9.78. The normalized spacial score (nSPS) is 28.9. The minimum Gasteiger partial charge on any atom is -0.317 e. The Morgan fingerprint density at radius 2 is 1.95 bits per heavy atom. The summed E-state index contributed by atoms with van der Waals surface area (Å²) in [6.45, 7) is 4.45. The fourth-order valence-corrected chi connectivity index (χ4v) is 3.22. The van der Waals surface area contributed by atoms with Crippen molar-refractivity contribution in [3.8, 4) is 0 Å². The first-order valence-corrected chi connectivity index (χ1v) is 7.32. The first-order valence-electron chi connectivity index (χ1n) is 7.32. The fourth-order valence-electron chi connectivity index (χ4n) is 3.22. The zero-order valence-electron chi connectivity index (χ0n) is 12.3. The Morgan fingerprint density at radius 3 is 2.47 bits per heavy atom. The van der Waals surface area contributed by atoms with Gasteiger partial charge in [0.2, 0.25) is 0 Å². The maximum Gasteiger partial charge on any atom is 0.401 e. The molecule has 1 rings (SSSR count). The summed E-state index contributed by atoms with van der Waals surface area (Å²) in [5, 5.41) is 3.28. The van der Waals surface area contributed by atoms with Crippen LogP contribution >= 0.6 is 0 Å². The molecular weight excluding hydrogens is 253 g/mol. The number of hydrogen-bond acceptors (Lipinski definition) is 2. The molecule has 0 saturated heterocycles. The van der Waals surface area contributed by atoms with Gasteiger partial charge in [-0.2, -0.15) is 13.2 Å². The standard InChI is InChI=1S/C14H27F3N2/c1-4-7-19(10-14(15,16)17)9-12-8-11(2)5-6-13(12)18-3/h11-13,18H,4-10H2,1-3H3. The van der Waals surface area contributed by atoms with Gasteiger partial charge in [0.15, 0.2) is 0 Å². The molecule has 0 radical (unpaired) electrons. The number of nitrogens with one attached hydrogen (secondary N) is 1. The summed E-state index contributed by atoms with van der Waals surface area (Å²) in [6.07, 6.45) is -0.0416. The van der Waals surface area contributed by atoms with Gasteiger partial charge in [0.25, 0.3) is 0 Å². The van der Waals surface area contributed by atoms with E-state index in [1.54, 1.807) is 4.90 Å². The van der Waals surface area contributed by atoms with Crippen LogP contribution in [0.3, 0.4) is 0 Å². The Hall–Kier alpha value is -0.290. The average Bonchev–Trinajstić information content (AvgIpc) is 2.27. The van der Waals surface area contributed by atoms with Gasteiger partial charge in [-0.15, -0.1) is 0 Å². The summed E-state index contributed by atoms with van der Waals surface area (Å²) in [4.78, 5) is 1.58. The van der Waals surface area contributed by atoms with Crippen LogP contribution in [-0.2, 0) is 0 Å². The Bertz CT molecular complexity index is 256. The zero-order chi connectivity index (χ0) is 14.5. The first-order chi connectivity index (χ1) is 8.85. The van der Waals surface area contributed by atoms with Crippen LogP contribution in [0.15, 0.2) is 0 Å². The Kier molecular flexibility index (Phi) is 6.60. The summed E-state index contributed by atoms with van der Waals surface area (Å²) in [7, 11) is 1.92. The molecule has 3 unspecified atom stereocenters. The average molecular weight is 280 g/mol. The van der Waals surface area contributed by atoms with E-state index in [1.807, 2.05) is 14.0 Å². The third-order valence-corrected chi connectivity index (χ3v) is 4.05. The third kappa shape index (κ3) is 6.13. The summed E-state index contributed by atoms with van der Waals surface area (Å²) < 4.78 is 37.7. The van der Waals surface area contributed by atoms with Crippen molar-refractivity contribution in [2.45, 2.75) is 51.7 Å². The highest BCUT2D eigenvalue weighted by Crippen LogP contribution is 2.30. The molecule has 0 spiro atoms. The van der Waals surface area contributed by atoms with Gasteiger partial charge >= 0.3 is 6.18 Å². The largest absolute Gasteiger partial charge is 0.401 e. The summed E-state index contributed by atoms with van der Waals surface area (Å²) in [5.41, 5.74) is 0. The smallest absolute Gasteiger partial charge is 0.317 e. The molecule has 1 saturated carbocycles. The SMILES string of the molecule is CCCN(CC1CC(C)CCC1NC)CC(F)(F)F. The highest BCUT2D eigenvalue weighted by Gasteiger charge is 2.34. The second kappa shape index (κ2) is 7.48. The maximum atomic E-state index is 12.6. The van der Waals surface area contributed by atoms with Crippen molar-refractivity contribution in [3.63, 3.8) is 0 Å². The van der Waals surface area contributed by atoms with Crippen molar-refractivity contribution in [1.82, 2.24) is 10.2 Å². The van der Waals surface area contributed by atoms with E-state index >= 15 is 0 Å². The lowest BCUT2D eigenvalue weighted by Crippen LogP contribution is -2.46. The van der Waals surface area contributed by atoms with Gasteiger partial charge in [-0.05, 0) is 51.1 Å². The third-order valence-electron chi connectivity index (χ3n) is 4.05. The van der Waals surface area contributed by atoms with Crippen molar-refractivity contribution < 1.29 is 13.2 Å². The highest BCUT2D eigenvalue weighted by molar-refractivity contribution is 4.85. The van der Waals surface area contributed by atoms with E-state index in [4.69, 9.17) is 0 Å². The van der Waals surface area contributed by atoms with Crippen LogP contribution in [0.1, 0.15) is 39.5 Å². The van der Waals surface area contributed by atoms with E-state index in [9.17, 15) is 13.2 Å². The lowest BCUT2D eigenvalue weighted by molar-refractivity contribution is -0.148. The Labute approximate surface area is 114 Å². The van der Waals surface area contributed by atoms with Crippen molar-refractivity contribution in [2.75, 3.05) is 26.7 Å². The number of nitrogens with zero attached hydrogens (tertiary/aromatic N) is 1. The minimum atomic E-state index is -4.09. The van der Waals surface area contributed by atoms with Crippen LogP contribution in [-0.4, -0.2) is 43.8 Å². The molecule has 0 aromatic heterocycles. The van der Waals surface area contributed by atoms with Crippen LogP contribution in [0.25, 0.3) is 0 Å². The van der Waals surface area contributed by atoms with Crippen molar-refractivity contribution in [3.05, 3.63) is 0 Å². The second-order valence-corrected chi connectivity index (χ2v) is 5.92. The molecule has 2 nitrogen and oxygen atoms in total. The van der Waals surface area contributed by atoms with E-state index in [-0.39, 0.29) is 0 Å². The van der Waals surface area contributed by atoms with E-state index < -0.39 is 12.7 Å². The molecule has 1 aliphatic rings. The molecule has 5 heteroatoms. The van der Waals surface area contributed by atoms with Gasteiger partial charge in [-0.3, -0.25) is 4.90 Å². The molecule has 0 aromatic carbocycles. The van der Waals surface area contributed by atoms with Gasteiger partial charge < -0.3 is 5.32 Å². The van der Waals surface area contributed by atoms with Gasteiger partial charge in [0, 0.05) is 12.6 Å². The second-order valence-electron chi connectivity index (χ2n) is 5.92.